The standard InChI is InChI=1S/C8H11NO3/c1-2-3-4-11-6-7-5-9-8(10)12-7/h7H,4-6H2,1H3,(H,9,10)/t7-/m0/s1. The molecule has 1 heterocycles. The third-order valence-electron chi connectivity index (χ3n) is 1.40. The second-order valence-electron chi connectivity index (χ2n) is 2.35. The zero-order valence-corrected chi connectivity index (χ0v) is 6.92. The van der Waals surface area contributed by atoms with Crippen molar-refractivity contribution in [3.05, 3.63) is 0 Å². The fourth-order valence-corrected chi connectivity index (χ4v) is 0.838. The molecule has 1 amide bonds. The normalized spacial score (nSPS) is 20.8. The molecule has 0 spiro atoms. The van der Waals surface area contributed by atoms with E-state index in [9.17, 15) is 4.79 Å². The molecule has 4 heteroatoms. The molecule has 12 heavy (non-hydrogen) atoms. The second-order valence-corrected chi connectivity index (χ2v) is 2.35. The van der Waals surface area contributed by atoms with Gasteiger partial charge in [0.25, 0.3) is 0 Å². The predicted octanol–water partition coefficient (Wildman–Crippen LogP) is 0.135. The van der Waals surface area contributed by atoms with Crippen LogP contribution < -0.4 is 5.32 Å². The summed E-state index contributed by atoms with van der Waals surface area (Å²) >= 11 is 0. The Balaban J connectivity index is 2.06. The summed E-state index contributed by atoms with van der Waals surface area (Å²) < 4.78 is 9.93. The zero-order valence-electron chi connectivity index (χ0n) is 6.92. The molecule has 0 bridgehead atoms. The van der Waals surface area contributed by atoms with Crippen LogP contribution in [0.2, 0.25) is 0 Å². The van der Waals surface area contributed by atoms with E-state index in [0.717, 1.165) is 0 Å². The van der Waals surface area contributed by atoms with Gasteiger partial charge in [0, 0.05) is 0 Å². The number of alkyl carbamates (subject to hydrolysis) is 1. The van der Waals surface area contributed by atoms with Crippen LogP contribution in [0.25, 0.3) is 0 Å². The Labute approximate surface area is 71.2 Å². The van der Waals surface area contributed by atoms with Crippen molar-refractivity contribution in [3.63, 3.8) is 0 Å². The number of carbonyl (C=O) groups is 1. The van der Waals surface area contributed by atoms with Crippen molar-refractivity contribution in [1.82, 2.24) is 5.32 Å². The second kappa shape index (κ2) is 4.62. The Bertz CT molecular complexity index is 216. The summed E-state index contributed by atoms with van der Waals surface area (Å²) in [6, 6.07) is 0. The van der Waals surface area contributed by atoms with Crippen LogP contribution in [0.15, 0.2) is 0 Å². The molecule has 0 saturated carbocycles. The SMILES string of the molecule is CC#CCOC[C@@H]1CNC(=O)O1. The van der Waals surface area contributed by atoms with E-state index in [1.807, 2.05) is 0 Å². The lowest BCUT2D eigenvalue weighted by Gasteiger charge is -2.05. The maximum absolute atomic E-state index is 10.5. The smallest absolute Gasteiger partial charge is 0.407 e. The lowest BCUT2D eigenvalue weighted by molar-refractivity contribution is 0.0598. The van der Waals surface area contributed by atoms with Crippen LogP contribution in [0.5, 0.6) is 0 Å². The van der Waals surface area contributed by atoms with E-state index in [-0.39, 0.29) is 12.2 Å². The Morgan fingerprint density at radius 3 is 3.25 bits per heavy atom. The number of hydrogen-bond donors (Lipinski definition) is 1. The van der Waals surface area contributed by atoms with Crippen LogP contribution in [-0.4, -0.2) is 32.0 Å². The Kier molecular flexibility index (Phi) is 3.42. The van der Waals surface area contributed by atoms with Gasteiger partial charge in [0.05, 0.1) is 13.2 Å². The number of hydrogen-bond acceptors (Lipinski definition) is 3. The van der Waals surface area contributed by atoms with Crippen molar-refractivity contribution >= 4 is 6.09 Å². The minimum Gasteiger partial charge on any atom is -0.442 e. The van der Waals surface area contributed by atoms with Gasteiger partial charge in [-0.3, -0.25) is 0 Å². The third kappa shape index (κ3) is 2.81. The van der Waals surface area contributed by atoms with Crippen molar-refractivity contribution in [2.75, 3.05) is 19.8 Å². The van der Waals surface area contributed by atoms with Gasteiger partial charge < -0.3 is 14.8 Å². The van der Waals surface area contributed by atoms with Crippen LogP contribution >= 0.6 is 0 Å². The topological polar surface area (TPSA) is 47.6 Å². The van der Waals surface area contributed by atoms with Crippen LogP contribution in [0.3, 0.4) is 0 Å². The molecule has 0 aromatic heterocycles. The average Bonchev–Trinajstić information content (AvgIpc) is 2.45. The fraction of sp³-hybridized carbons (Fsp3) is 0.625. The minimum atomic E-state index is -0.370. The Morgan fingerprint density at radius 2 is 2.67 bits per heavy atom. The first-order valence-corrected chi connectivity index (χ1v) is 3.74. The first-order valence-electron chi connectivity index (χ1n) is 3.74. The highest BCUT2D eigenvalue weighted by Crippen LogP contribution is 1.99. The van der Waals surface area contributed by atoms with E-state index < -0.39 is 0 Å². The van der Waals surface area contributed by atoms with E-state index in [1.165, 1.54) is 0 Å². The zero-order chi connectivity index (χ0) is 8.81. The van der Waals surface area contributed by atoms with E-state index in [0.29, 0.717) is 19.8 Å². The van der Waals surface area contributed by atoms with E-state index in [1.54, 1.807) is 6.92 Å². The summed E-state index contributed by atoms with van der Waals surface area (Å²) in [5.41, 5.74) is 0. The third-order valence-corrected chi connectivity index (χ3v) is 1.40. The van der Waals surface area contributed by atoms with Crippen LogP contribution in [0, 0.1) is 11.8 Å². The summed E-state index contributed by atoms with van der Waals surface area (Å²) in [7, 11) is 0. The molecule has 0 unspecified atom stereocenters. The van der Waals surface area contributed by atoms with Gasteiger partial charge in [-0.05, 0) is 6.92 Å². The highest BCUT2D eigenvalue weighted by Gasteiger charge is 2.21. The molecule has 0 aromatic rings. The summed E-state index contributed by atoms with van der Waals surface area (Å²) in [6.45, 7) is 3.08. The number of amides is 1. The number of nitrogens with one attached hydrogen (secondary N) is 1. The van der Waals surface area contributed by atoms with Crippen molar-refractivity contribution < 1.29 is 14.3 Å². The van der Waals surface area contributed by atoms with Crippen LogP contribution in [0.4, 0.5) is 4.79 Å². The van der Waals surface area contributed by atoms with Gasteiger partial charge in [0.2, 0.25) is 0 Å². The summed E-state index contributed by atoms with van der Waals surface area (Å²) in [6.07, 6.45) is -0.527. The first kappa shape index (κ1) is 8.88. The molecule has 4 nitrogen and oxygen atoms in total. The molecule has 1 aliphatic rings. The monoisotopic (exact) mass is 169 g/mol. The molecule has 66 valence electrons. The van der Waals surface area contributed by atoms with Crippen LogP contribution in [0.1, 0.15) is 6.92 Å². The molecule has 0 radical (unpaired) electrons. The van der Waals surface area contributed by atoms with Crippen molar-refractivity contribution in [2.24, 2.45) is 0 Å². The molecule has 1 fully saturated rings. The molecule has 0 aromatic carbocycles. The van der Waals surface area contributed by atoms with E-state index in [2.05, 4.69) is 17.2 Å². The molecule has 1 N–H and O–H groups in total. The predicted molar refractivity (Wildman–Crippen MR) is 42.5 cm³/mol. The Morgan fingerprint density at radius 1 is 1.83 bits per heavy atom. The number of cyclic esters (lactones) is 1. The summed E-state index contributed by atoms with van der Waals surface area (Å²) in [4.78, 5) is 10.5. The number of carbonyl (C=O) groups excluding carboxylic acids is 1. The lowest BCUT2D eigenvalue weighted by Crippen LogP contribution is -2.20. The number of rotatable bonds is 3. The minimum absolute atomic E-state index is 0.156. The quantitative estimate of drug-likeness (QED) is 0.482. The van der Waals surface area contributed by atoms with E-state index in [4.69, 9.17) is 9.47 Å². The van der Waals surface area contributed by atoms with Crippen molar-refractivity contribution in [1.29, 1.82) is 0 Å². The molecular formula is C8H11NO3. The van der Waals surface area contributed by atoms with Crippen molar-refractivity contribution in [2.45, 2.75) is 13.0 Å². The molecule has 1 aliphatic heterocycles. The lowest BCUT2D eigenvalue weighted by atomic mass is 10.4. The van der Waals surface area contributed by atoms with Crippen LogP contribution in [-0.2, 0) is 9.47 Å². The van der Waals surface area contributed by atoms with Gasteiger partial charge in [0.15, 0.2) is 0 Å². The van der Waals surface area contributed by atoms with Gasteiger partial charge in [-0.25, -0.2) is 4.79 Å². The van der Waals surface area contributed by atoms with Gasteiger partial charge in [0.1, 0.15) is 12.7 Å². The van der Waals surface area contributed by atoms with Gasteiger partial charge in [-0.15, -0.1) is 5.92 Å². The maximum Gasteiger partial charge on any atom is 0.407 e. The first-order chi connectivity index (χ1) is 5.83. The Hall–Kier alpha value is -1.21. The van der Waals surface area contributed by atoms with E-state index >= 15 is 0 Å². The highest BCUT2D eigenvalue weighted by molar-refractivity contribution is 5.69. The summed E-state index contributed by atoms with van der Waals surface area (Å²) in [5, 5.41) is 2.53. The van der Waals surface area contributed by atoms with Crippen molar-refractivity contribution in [3.8, 4) is 11.8 Å². The van der Waals surface area contributed by atoms with Gasteiger partial charge >= 0.3 is 6.09 Å². The maximum atomic E-state index is 10.5. The summed E-state index contributed by atoms with van der Waals surface area (Å²) in [5.74, 6) is 5.45. The fourth-order valence-electron chi connectivity index (χ4n) is 0.838. The van der Waals surface area contributed by atoms with Gasteiger partial charge in [-0.2, -0.15) is 0 Å². The average molecular weight is 169 g/mol. The largest absolute Gasteiger partial charge is 0.442 e. The molecule has 1 atom stereocenters. The van der Waals surface area contributed by atoms with Gasteiger partial charge in [-0.1, -0.05) is 5.92 Å². The molecule has 0 aliphatic carbocycles. The number of ether oxygens (including phenoxy) is 2. The molecule has 1 rings (SSSR count). The highest BCUT2D eigenvalue weighted by atomic mass is 16.6. The molecular weight excluding hydrogens is 158 g/mol. The molecule has 1 saturated heterocycles.